The quantitative estimate of drug-likeness (QED) is 0.364. The SMILES string of the molecule is CCn1c2ccc(C(C)(C)C)cc2c2cc(C(C)(C)C)cc(I)c21. The molecule has 0 aliphatic carbocycles. The van der Waals surface area contributed by atoms with Crippen molar-refractivity contribution in [1.29, 1.82) is 0 Å². The molecule has 3 rings (SSSR count). The summed E-state index contributed by atoms with van der Waals surface area (Å²) in [4.78, 5) is 0. The molecule has 24 heavy (non-hydrogen) atoms. The van der Waals surface area contributed by atoms with E-state index in [1.807, 2.05) is 0 Å². The molecular weight excluding hydrogens is 405 g/mol. The third-order valence-electron chi connectivity index (χ3n) is 4.96. The first-order chi connectivity index (χ1) is 11.0. The molecule has 0 aliphatic heterocycles. The zero-order valence-corrected chi connectivity index (χ0v) is 18.1. The average molecular weight is 433 g/mol. The van der Waals surface area contributed by atoms with E-state index in [9.17, 15) is 0 Å². The van der Waals surface area contributed by atoms with E-state index in [4.69, 9.17) is 0 Å². The molecule has 0 N–H and O–H groups in total. The maximum atomic E-state index is 2.51. The summed E-state index contributed by atoms with van der Waals surface area (Å²) < 4.78 is 3.82. The zero-order chi connectivity index (χ0) is 17.9. The van der Waals surface area contributed by atoms with Crippen LogP contribution in [0.3, 0.4) is 0 Å². The number of aryl methyl sites for hydroxylation is 1. The molecule has 3 aromatic rings. The third-order valence-corrected chi connectivity index (χ3v) is 5.78. The Morgan fingerprint density at radius 1 is 0.833 bits per heavy atom. The normalized spacial score (nSPS) is 13.2. The van der Waals surface area contributed by atoms with Gasteiger partial charge in [-0.15, -0.1) is 0 Å². The molecule has 0 unspecified atom stereocenters. The van der Waals surface area contributed by atoms with Crippen LogP contribution in [0.2, 0.25) is 0 Å². The summed E-state index contributed by atoms with van der Waals surface area (Å²) in [5.74, 6) is 0. The number of nitrogens with zero attached hydrogens (tertiary/aromatic N) is 1. The molecular formula is C22H28IN. The molecule has 128 valence electrons. The Kier molecular flexibility index (Phi) is 4.26. The van der Waals surface area contributed by atoms with Gasteiger partial charge in [0.15, 0.2) is 0 Å². The molecule has 0 radical (unpaired) electrons. The fourth-order valence-electron chi connectivity index (χ4n) is 3.41. The minimum absolute atomic E-state index is 0.163. The van der Waals surface area contributed by atoms with Crippen LogP contribution in [0, 0.1) is 3.57 Å². The highest BCUT2D eigenvalue weighted by molar-refractivity contribution is 14.1. The predicted octanol–water partition coefficient (Wildman–Crippen LogP) is 7.01. The molecule has 2 heteroatoms. The smallest absolute Gasteiger partial charge is 0.0627 e. The van der Waals surface area contributed by atoms with Crippen LogP contribution in [0.1, 0.15) is 59.6 Å². The molecule has 0 amide bonds. The lowest BCUT2D eigenvalue weighted by Gasteiger charge is -2.20. The van der Waals surface area contributed by atoms with Crippen molar-refractivity contribution in [2.24, 2.45) is 0 Å². The van der Waals surface area contributed by atoms with Gasteiger partial charge in [-0.1, -0.05) is 47.6 Å². The van der Waals surface area contributed by atoms with Crippen LogP contribution >= 0.6 is 22.6 Å². The summed E-state index contributed by atoms with van der Waals surface area (Å²) in [6, 6.07) is 11.8. The van der Waals surface area contributed by atoms with Crippen LogP contribution in [-0.2, 0) is 17.4 Å². The number of halogens is 1. The first-order valence-electron chi connectivity index (χ1n) is 8.80. The summed E-state index contributed by atoms with van der Waals surface area (Å²) in [7, 11) is 0. The van der Waals surface area contributed by atoms with Crippen LogP contribution in [0.5, 0.6) is 0 Å². The Labute approximate surface area is 159 Å². The van der Waals surface area contributed by atoms with E-state index in [2.05, 4.69) is 106 Å². The summed E-state index contributed by atoms with van der Waals surface area (Å²) in [5.41, 5.74) is 5.88. The second-order valence-electron chi connectivity index (χ2n) is 8.83. The molecule has 1 heterocycles. The molecule has 1 aromatic heterocycles. The molecule has 2 aromatic carbocycles. The Hall–Kier alpha value is -1.03. The minimum atomic E-state index is 0.163. The Morgan fingerprint density at radius 2 is 1.42 bits per heavy atom. The number of hydrogen-bond donors (Lipinski definition) is 0. The van der Waals surface area contributed by atoms with Gasteiger partial charge in [0.25, 0.3) is 0 Å². The summed E-state index contributed by atoms with van der Waals surface area (Å²) >= 11 is 2.51. The van der Waals surface area contributed by atoms with E-state index in [0.717, 1.165) is 6.54 Å². The van der Waals surface area contributed by atoms with Crippen molar-refractivity contribution < 1.29 is 0 Å². The molecule has 0 atom stereocenters. The van der Waals surface area contributed by atoms with Crippen molar-refractivity contribution in [2.45, 2.75) is 65.8 Å². The maximum absolute atomic E-state index is 2.51. The highest BCUT2D eigenvalue weighted by Crippen LogP contribution is 2.37. The highest BCUT2D eigenvalue weighted by atomic mass is 127. The van der Waals surface area contributed by atoms with Gasteiger partial charge in [-0.2, -0.15) is 0 Å². The van der Waals surface area contributed by atoms with Crippen LogP contribution < -0.4 is 0 Å². The van der Waals surface area contributed by atoms with Crippen molar-refractivity contribution in [3.8, 4) is 0 Å². The molecule has 0 spiro atoms. The first-order valence-corrected chi connectivity index (χ1v) is 9.88. The lowest BCUT2D eigenvalue weighted by molar-refractivity contribution is 0.590. The standard InChI is InChI=1S/C22H28IN/c1-8-24-19-10-9-14(21(2,3)4)11-16(19)17-12-15(22(5,6)7)13-18(23)20(17)24/h9-13H,8H2,1-7H3. The second kappa shape index (κ2) is 5.76. The summed E-state index contributed by atoms with van der Waals surface area (Å²) in [6.45, 7) is 17.0. The van der Waals surface area contributed by atoms with Gasteiger partial charge in [0.2, 0.25) is 0 Å². The Bertz CT molecular complexity index is 917. The number of rotatable bonds is 1. The fourth-order valence-corrected chi connectivity index (χ4v) is 4.33. The van der Waals surface area contributed by atoms with Crippen molar-refractivity contribution >= 4 is 44.4 Å². The highest BCUT2D eigenvalue weighted by Gasteiger charge is 2.21. The van der Waals surface area contributed by atoms with E-state index >= 15 is 0 Å². The maximum Gasteiger partial charge on any atom is 0.0627 e. The first kappa shape index (κ1) is 17.8. The molecule has 1 nitrogen and oxygen atoms in total. The van der Waals surface area contributed by atoms with Gasteiger partial charge in [-0.05, 0) is 75.7 Å². The van der Waals surface area contributed by atoms with E-state index < -0.39 is 0 Å². The van der Waals surface area contributed by atoms with E-state index in [-0.39, 0.29) is 10.8 Å². The number of hydrogen-bond acceptors (Lipinski definition) is 0. The van der Waals surface area contributed by atoms with Gasteiger partial charge in [0, 0.05) is 26.4 Å². The van der Waals surface area contributed by atoms with Crippen molar-refractivity contribution in [3.63, 3.8) is 0 Å². The Balaban J connectivity index is 2.47. The van der Waals surface area contributed by atoms with Crippen molar-refractivity contribution in [2.75, 3.05) is 0 Å². The van der Waals surface area contributed by atoms with Gasteiger partial charge < -0.3 is 4.57 Å². The molecule has 0 aliphatic rings. The lowest BCUT2D eigenvalue weighted by atomic mass is 9.85. The van der Waals surface area contributed by atoms with Crippen LogP contribution in [0.4, 0.5) is 0 Å². The topological polar surface area (TPSA) is 4.93 Å². The molecule has 0 fully saturated rings. The number of aromatic nitrogens is 1. The average Bonchev–Trinajstić information content (AvgIpc) is 2.79. The minimum Gasteiger partial charge on any atom is -0.340 e. The van der Waals surface area contributed by atoms with E-state index in [1.54, 1.807) is 0 Å². The van der Waals surface area contributed by atoms with Gasteiger partial charge >= 0.3 is 0 Å². The molecule has 0 saturated carbocycles. The fraction of sp³-hybridized carbons (Fsp3) is 0.455. The molecule has 0 saturated heterocycles. The summed E-state index contributed by atoms with van der Waals surface area (Å²) in [5, 5.41) is 2.79. The number of fused-ring (bicyclic) bond motifs is 3. The number of benzene rings is 2. The Morgan fingerprint density at radius 3 is 1.96 bits per heavy atom. The van der Waals surface area contributed by atoms with E-state index in [0.29, 0.717) is 0 Å². The second-order valence-corrected chi connectivity index (χ2v) is 9.99. The largest absolute Gasteiger partial charge is 0.340 e. The van der Waals surface area contributed by atoms with Gasteiger partial charge in [-0.3, -0.25) is 0 Å². The van der Waals surface area contributed by atoms with Gasteiger partial charge in [0.05, 0.1) is 5.52 Å². The van der Waals surface area contributed by atoms with Gasteiger partial charge in [0.1, 0.15) is 0 Å². The summed E-state index contributed by atoms with van der Waals surface area (Å²) in [6.07, 6.45) is 0. The van der Waals surface area contributed by atoms with Gasteiger partial charge in [-0.25, -0.2) is 0 Å². The monoisotopic (exact) mass is 433 g/mol. The predicted molar refractivity (Wildman–Crippen MR) is 115 cm³/mol. The van der Waals surface area contributed by atoms with Crippen molar-refractivity contribution in [1.82, 2.24) is 4.57 Å². The van der Waals surface area contributed by atoms with Crippen molar-refractivity contribution in [3.05, 3.63) is 45.0 Å². The van der Waals surface area contributed by atoms with Crippen LogP contribution in [0.25, 0.3) is 21.8 Å². The van der Waals surface area contributed by atoms with E-state index in [1.165, 1.54) is 36.5 Å². The third kappa shape index (κ3) is 2.87. The van der Waals surface area contributed by atoms with Crippen LogP contribution in [0.15, 0.2) is 30.3 Å². The molecule has 0 bridgehead atoms. The van der Waals surface area contributed by atoms with Crippen LogP contribution in [-0.4, -0.2) is 4.57 Å². The lowest BCUT2D eigenvalue weighted by Crippen LogP contribution is -2.11. The zero-order valence-electron chi connectivity index (χ0n) is 15.9.